The van der Waals surface area contributed by atoms with E-state index in [0.29, 0.717) is 0 Å². The lowest BCUT2D eigenvalue weighted by atomic mass is 9.88. The Morgan fingerprint density at radius 1 is 1.00 bits per heavy atom. The number of amides is 1. The number of anilines is 3. The molecule has 0 unspecified atom stereocenters. The molecule has 126 valence electrons. The number of pyridine rings is 1. The van der Waals surface area contributed by atoms with Gasteiger partial charge < -0.3 is 10.6 Å². The van der Waals surface area contributed by atoms with Gasteiger partial charge in [-0.25, -0.2) is 4.98 Å². The van der Waals surface area contributed by atoms with E-state index in [-0.39, 0.29) is 11.8 Å². The van der Waals surface area contributed by atoms with Crippen molar-refractivity contribution in [3.63, 3.8) is 0 Å². The number of benzene rings is 1. The first-order chi connectivity index (χ1) is 11.6. The standard InChI is InChI=1S/C20H25N3O/c1-14-10-15(2)12-18(11-14)22-19-9-8-17(13-21-19)23-20(24)16-6-4-3-5-7-16/h8-13,16H,3-7H2,1-2H3,(H,21,22)(H,23,24). The number of rotatable bonds is 4. The van der Waals surface area contributed by atoms with Crippen molar-refractivity contribution in [1.82, 2.24) is 4.98 Å². The van der Waals surface area contributed by atoms with E-state index in [1.165, 1.54) is 17.5 Å². The molecule has 2 N–H and O–H groups in total. The van der Waals surface area contributed by atoms with E-state index >= 15 is 0 Å². The largest absolute Gasteiger partial charge is 0.340 e. The van der Waals surface area contributed by atoms with Crippen molar-refractivity contribution in [2.45, 2.75) is 46.0 Å². The molecule has 24 heavy (non-hydrogen) atoms. The van der Waals surface area contributed by atoms with Crippen molar-refractivity contribution in [1.29, 1.82) is 0 Å². The normalized spacial score (nSPS) is 15.1. The van der Waals surface area contributed by atoms with Gasteiger partial charge in [-0.1, -0.05) is 25.3 Å². The Morgan fingerprint density at radius 3 is 2.33 bits per heavy atom. The number of nitrogens with one attached hydrogen (secondary N) is 2. The lowest BCUT2D eigenvalue weighted by Gasteiger charge is -2.20. The summed E-state index contributed by atoms with van der Waals surface area (Å²) in [5, 5.41) is 6.30. The summed E-state index contributed by atoms with van der Waals surface area (Å²) in [6, 6.07) is 10.1. The third-order valence-corrected chi connectivity index (χ3v) is 4.50. The summed E-state index contributed by atoms with van der Waals surface area (Å²) in [5.74, 6) is 1.06. The molecule has 0 radical (unpaired) electrons. The second-order valence-corrected chi connectivity index (χ2v) is 6.76. The monoisotopic (exact) mass is 323 g/mol. The Hall–Kier alpha value is -2.36. The molecule has 1 heterocycles. The van der Waals surface area contributed by atoms with E-state index in [4.69, 9.17) is 0 Å². The zero-order valence-corrected chi connectivity index (χ0v) is 14.4. The lowest BCUT2D eigenvalue weighted by Crippen LogP contribution is -2.24. The van der Waals surface area contributed by atoms with Gasteiger partial charge in [0, 0.05) is 11.6 Å². The van der Waals surface area contributed by atoms with E-state index in [1.54, 1.807) is 6.20 Å². The number of hydrogen-bond acceptors (Lipinski definition) is 3. The maximum absolute atomic E-state index is 12.3. The van der Waals surface area contributed by atoms with Crippen LogP contribution in [0.4, 0.5) is 17.2 Å². The molecule has 2 aromatic rings. The number of aryl methyl sites for hydroxylation is 2. The van der Waals surface area contributed by atoms with Crippen molar-refractivity contribution in [3.8, 4) is 0 Å². The zero-order valence-electron chi connectivity index (χ0n) is 14.4. The van der Waals surface area contributed by atoms with E-state index < -0.39 is 0 Å². The number of hydrogen-bond donors (Lipinski definition) is 2. The van der Waals surface area contributed by atoms with Crippen LogP contribution in [0, 0.1) is 19.8 Å². The lowest BCUT2D eigenvalue weighted by molar-refractivity contribution is -0.120. The van der Waals surface area contributed by atoms with Gasteiger partial charge in [-0.15, -0.1) is 0 Å². The molecule has 0 atom stereocenters. The Morgan fingerprint density at radius 2 is 1.71 bits per heavy atom. The van der Waals surface area contributed by atoms with Gasteiger partial charge in [-0.05, 0) is 62.1 Å². The van der Waals surface area contributed by atoms with E-state index in [2.05, 4.69) is 47.7 Å². The summed E-state index contributed by atoms with van der Waals surface area (Å²) in [6.45, 7) is 4.16. The number of aromatic nitrogens is 1. The molecule has 3 rings (SSSR count). The van der Waals surface area contributed by atoms with Crippen LogP contribution in [0.3, 0.4) is 0 Å². The van der Waals surface area contributed by atoms with Crippen LogP contribution in [0.25, 0.3) is 0 Å². The number of nitrogens with zero attached hydrogens (tertiary/aromatic N) is 1. The molecule has 1 aliphatic rings. The Labute approximate surface area is 143 Å². The van der Waals surface area contributed by atoms with Crippen molar-refractivity contribution >= 4 is 23.1 Å². The fourth-order valence-electron chi connectivity index (χ4n) is 3.35. The molecule has 4 nitrogen and oxygen atoms in total. The molecule has 0 saturated heterocycles. The highest BCUT2D eigenvalue weighted by atomic mass is 16.1. The minimum Gasteiger partial charge on any atom is -0.340 e. The van der Waals surface area contributed by atoms with Gasteiger partial charge in [0.25, 0.3) is 0 Å². The van der Waals surface area contributed by atoms with Crippen molar-refractivity contribution < 1.29 is 4.79 Å². The van der Waals surface area contributed by atoms with Crippen LogP contribution in [-0.2, 0) is 4.79 Å². The van der Waals surface area contributed by atoms with Crippen LogP contribution in [0.5, 0.6) is 0 Å². The Kier molecular flexibility index (Phi) is 5.14. The predicted molar refractivity (Wildman–Crippen MR) is 98.6 cm³/mol. The third-order valence-electron chi connectivity index (χ3n) is 4.50. The molecule has 0 aliphatic heterocycles. The second kappa shape index (κ2) is 7.47. The van der Waals surface area contributed by atoms with Crippen molar-refractivity contribution in [3.05, 3.63) is 47.7 Å². The first-order valence-corrected chi connectivity index (χ1v) is 8.72. The maximum atomic E-state index is 12.3. The van der Waals surface area contributed by atoms with Gasteiger partial charge in [0.15, 0.2) is 0 Å². The molecule has 1 amide bonds. The zero-order chi connectivity index (χ0) is 16.9. The minimum atomic E-state index is 0.131. The predicted octanol–water partition coefficient (Wildman–Crippen LogP) is 4.96. The highest BCUT2D eigenvalue weighted by Gasteiger charge is 2.20. The van der Waals surface area contributed by atoms with Crippen molar-refractivity contribution in [2.24, 2.45) is 5.92 Å². The van der Waals surface area contributed by atoms with Crippen LogP contribution in [-0.4, -0.2) is 10.9 Å². The van der Waals surface area contributed by atoms with Gasteiger partial charge in [-0.3, -0.25) is 4.79 Å². The molecule has 1 aromatic heterocycles. The van der Waals surface area contributed by atoms with Gasteiger partial charge in [0.05, 0.1) is 11.9 Å². The maximum Gasteiger partial charge on any atom is 0.227 e. The average molecular weight is 323 g/mol. The van der Waals surface area contributed by atoms with Crippen LogP contribution >= 0.6 is 0 Å². The van der Waals surface area contributed by atoms with Crippen LogP contribution in [0.15, 0.2) is 36.5 Å². The Balaban J connectivity index is 1.61. The minimum absolute atomic E-state index is 0.131. The summed E-state index contributed by atoms with van der Waals surface area (Å²) >= 11 is 0. The summed E-state index contributed by atoms with van der Waals surface area (Å²) in [5.41, 5.74) is 4.22. The molecule has 0 bridgehead atoms. The molecule has 0 spiro atoms. The van der Waals surface area contributed by atoms with Gasteiger partial charge in [-0.2, -0.15) is 0 Å². The molecule has 1 fully saturated rings. The smallest absolute Gasteiger partial charge is 0.227 e. The summed E-state index contributed by atoms with van der Waals surface area (Å²) in [6.07, 6.45) is 7.30. The fourth-order valence-corrected chi connectivity index (χ4v) is 3.35. The number of carbonyl (C=O) groups is 1. The molecular formula is C20H25N3O. The Bertz CT molecular complexity index is 683. The highest BCUT2D eigenvalue weighted by molar-refractivity contribution is 5.92. The van der Waals surface area contributed by atoms with Crippen LogP contribution in [0.2, 0.25) is 0 Å². The van der Waals surface area contributed by atoms with Gasteiger partial charge >= 0.3 is 0 Å². The molecule has 1 aromatic carbocycles. The average Bonchev–Trinajstić information content (AvgIpc) is 2.56. The van der Waals surface area contributed by atoms with Crippen LogP contribution in [0.1, 0.15) is 43.2 Å². The first kappa shape index (κ1) is 16.5. The van der Waals surface area contributed by atoms with Crippen LogP contribution < -0.4 is 10.6 Å². The van der Waals surface area contributed by atoms with E-state index in [9.17, 15) is 4.79 Å². The summed E-state index contributed by atoms with van der Waals surface area (Å²) < 4.78 is 0. The highest BCUT2D eigenvalue weighted by Crippen LogP contribution is 2.25. The summed E-state index contributed by atoms with van der Waals surface area (Å²) in [4.78, 5) is 16.7. The molecule has 1 saturated carbocycles. The van der Waals surface area contributed by atoms with Crippen molar-refractivity contribution in [2.75, 3.05) is 10.6 Å². The third kappa shape index (κ3) is 4.34. The van der Waals surface area contributed by atoms with E-state index in [1.807, 2.05) is 12.1 Å². The quantitative estimate of drug-likeness (QED) is 0.836. The number of carbonyl (C=O) groups excluding carboxylic acids is 1. The first-order valence-electron chi connectivity index (χ1n) is 8.72. The SMILES string of the molecule is Cc1cc(C)cc(Nc2ccc(NC(=O)C3CCCCC3)cn2)c1. The molecular weight excluding hydrogens is 298 g/mol. The summed E-state index contributed by atoms with van der Waals surface area (Å²) in [7, 11) is 0. The fraction of sp³-hybridized carbons (Fsp3) is 0.400. The van der Waals surface area contributed by atoms with Gasteiger partial charge in [0.2, 0.25) is 5.91 Å². The topological polar surface area (TPSA) is 54.0 Å². The second-order valence-electron chi connectivity index (χ2n) is 6.76. The molecule has 1 aliphatic carbocycles. The molecule has 4 heteroatoms. The van der Waals surface area contributed by atoms with E-state index in [0.717, 1.165) is 42.9 Å². The van der Waals surface area contributed by atoms with Gasteiger partial charge in [0.1, 0.15) is 5.82 Å².